The van der Waals surface area contributed by atoms with Crippen molar-refractivity contribution >= 4 is 21.7 Å². The minimum Gasteiger partial charge on any atom is -0.404 e. The molecule has 0 radical (unpaired) electrons. The summed E-state index contributed by atoms with van der Waals surface area (Å²) in [6.45, 7) is 7.02. The third kappa shape index (κ3) is 3.81. The first-order valence-electron chi connectivity index (χ1n) is 8.42. The predicted molar refractivity (Wildman–Crippen MR) is 105 cm³/mol. The zero-order valence-electron chi connectivity index (χ0n) is 15.1. The van der Waals surface area contributed by atoms with Crippen molar-refractivity contribution in [3.05, 3.63) is 75.8 Å². The van der Waals surface area contributed by atoms with Gasteiger partial charge >= 0.3 is 0 Å². The molecule has 1 unspecified atom stereocenters. The summed E-state index contributed by atoms with van der Waals surface area (Å²) in [5.74, 6) is 0.894. The highest BCUT2D eigenvalue weighted by molar-refractivity contribution is 9.10. The van der Waals surface area contributed by atoms with E-state index in [1.54, 1.807) is 7.11 Å². The van der Waals surface area contributed by atoms with E-state index in [4.69, 9.17) is 9.57 Å². The van der Waals surface area contributed by atoms with Gasteiger partial charge in [-0.25, -0.2) is 0 Å². The first kappa shape index (κ1) is 18.2. The molecule has 2 aromatic carbocycles. The van der Waals surface area contributed by atoms with E-state index in [1.165, 1.54) is 5.56 Å². The summed E-state index contributed by atoms with van der Waals surface area (Å²) in [5, 5.41) is 2.08. The fourth-order valence-corrected chi connectivity index (χ4v) is 3.37. The number of benzene rings is 2. The van der Waals surface area contributed by atoms with Crippen molar-refractivity contribution in [3.8, 4) is 0 Å². The third-order valence-corrected chi connectivity index (χ3v) is 4.76. The maximum absolute atomic E-state index is 6.40. The number of ether oxygens (including phenoxy) is 1. The molecule has 0 saturated carbocycles. The molecular formula is C21H24BrNO2. The van der Waals surface area contributed by atoms with Gasteiger partial charge in [0.25, 0.3) is 0 Å². The number of rotatable bonds is 4. The van der Waals surface area contributed by atoms with E-state index in [2.05, 4.69) is 78.2 Å². The molecule has 2 aromatic rings. The second kappa shape index (κ2) is 7.32. The van der Waals surface area contributed by atoms with Gasteiger partial charge in [0.1, 0.15) is 0 Å². The Labute approximate surface area is 158 Å². The van der Waals surface area contributed by atoms with Crippen LogP contribution in [-0.4, -0.2) is 24.3 Å². The van der Waals surface area contributed by atoms with Crippen molar-refractivity contribution in [2.45, 2.75) is 32.4 Å². The van der Waals surface area contributed by atoms with Gasteiger partial charge in [0, 0.05) is 28.3 Å². The molecule has 4 heteroatoms. The fourth-order valence-electron chi connectivity index (χ4n) is 3.11. The van der Waals surface area contributed by atoms with Crippen molar-refractivity contribution in [2.75, 3.05) is 13.7 Å². The molecule has 0 aliphatic carbocycles. The highest BCUT2D eigenvalue weighted by Crippen LogP contribution is 2.45. The minimum absolute atomic E-state index is 0.0169. The summed E-state index contributed by atoms with van der Waals surface area (Å²) in [7, 11) is 1.73. The average molecular weight is 402 g/mol. The van der Waals surface area contributed by atoms with Gasteiger partial charge in [-0.2, -0.15) is 0 Å². The summed E-state index contributed by atoms with van der Waals surface area (Å²) in [6.07, 6.45) is 0. The smallest absolute Gasteiger partial charge is 0.158 e. The Morgan fingerprint density at radius 1 is 1.04 bits per heavy atom. The van der Waals surface area contributed by atoms with E-state index in [-0.39, 0.29) is 11.6 Å². The Morgan fingerprint density at radius 3 is 2.24 bits per heavy atom. The monoisotopic (exact) mass is 401 g/mol. The third-order valence-electron chi connectivity index (χ3n) is 4.23. The van der Waals surface area contributed by atoms with Gasteiger partial charge in [-0.15, -0.1) is 5.06 Å². The zero-order valence-corrected chi connectivity index (χ0v) is 16.7. The minimum atomic E-state index is -0.159. The lowest BCUT2D eigenvalue weighted by Gasteiger charge is -2.36. The zero-order chi connectivity index (χ0) is 18.0. The molecule has 1 heterocycles. The van der Waals surface area contributed by atoms with Crippen LogP contribution in [0.15, 0.2) is 64.6 Å². The van der Waals surface area contributed by atoms with Crippen molar-refractivity contribution in [2.24, 2.45) is 0 Å². The molecule has 0 N–H and O–H groups in total. The second-order valence-corrected chi connectivity index (χ2v) is 8.11. The number of methoxy groups -OCH3 is 1. The van der Waals surface area contributed by atoms with E-state index < -0.39 is 0 Å². The fraction of sp³-hybridized carbons (Fsp3) is 0.333. The predicted octanol–water partition coefficient (Wildman–Crippen LogP) is 5.59. The van der Waals surface area contributed by atoms with Crippen LogP contribution in [0, 0.1) is 0 Å². The largest absolute Gasteiger partial charge is 0.404 e. The Balaban J connectivity index is 2.13. The molecule has 0 bridgehead atoms. The molecule has 1 atom stereocenters. The number of hydrogen-bond donors (Lipinski definition) is 0. The summed E-state index contributed by atoms with van der Waals surface area (Å²) in [4.78, 5) is 6.40. The first-order chi connectivity index (χ1) is 11.9. The normalized spacial score (nSPS) is 18.5. The van der Waals surface area contributed by atoms with Gasteiger partial charge in [-0.05, 0) is 38.5 Å². The first-order valence-corrected chi connectivity index (χ1v) is 9.21. The molecule has 1 aliphatic rings. The molecule has 0 aromatic heterocycles. The van der Waals surface area contributed by atoms with Gasteiger partial charge in [0.15, 0.2) is 5.76 Å². The van der Waals surface area contributed by atoms with E-state index in [0.717, 1.165) is 21.4 Å². The quantitative estimate of drug-likeness (QED) is 0.665. The molecule has 3 rings (SSSR count). The number of nitrogens with zero attached hydrogens (tertiary/aromatic N) is 1. The number of hydrogen-bond acceptors (Lipinski definition) is 3. The van der Waals surface area contributed by atoms with Gasteiger partial charge in [-0.1, -0.05) is 58.4 Å². The van der Waals surface area contributed by atoms with E-state index in [9.17, 15) is 0 Å². The van der Waals surface area contributed by atoms with Crippen LogP contribution < -0.4 is 0 Å². The van der Waals surface area contributed by atoms with Crippen molar-refractivity contribution in [1.29, 1.82) is 0 Å². The van der Waals surface area contributed by atoms with Crippen LogP contribution in [0.2, 0.25) is 0 Å². The molecular weight excluding hydrogens is 378 g/mol. The molecule has 0 fully saturated rings. The van der Waals surface area contributed by atoms with Crippen LogP contribution in [0.3, 0.4) is 0 Å². The number of halogens is 1. The molecule has 0 amide bonds. The van der Waals surface area contributed by atoms with Gasteiger partial charge < -0.3 is 9.57 Å². The lowest BCUT2D eigenvalue weighted by Crippen LogP contribution is -2.41. The van der Waals surface area contributed by atoms with Crippen LogP contribution in [-0.2, 0) is 9.57 Å². The highest BCUT2D eigenvalue weighted by Gasteiger charge is 2.42. The summed E-state index contributed by atoms with van der Waals surface area (Å²) in [6, 6.07) is 18.7. The van der Waals surface area contributed by atoms with Crippen LogP contribution in [0.1, 0.15) is 37.9 Å². The maximum Gasteiger partial charge on any atom is 0.158 e. The summed E-state index contributed by atoms with van der Waals surface area (Å²) >= 11 is 3.52. The summed E-state index contributed by atoms with van der Waals surface area (Å²) < 4.78 is 6.61. The molecule has 1 aliphatic heterocycles. The lowest BCUT2D eigenvalue weighted by molar-refractivity contribution is -0.158. The van der Waals surface area contributed by atoms with Crippen LogP contribution in [0.25, 0.3) is 5.76 Å². The van der Waals surface area contributed by atoms with Crippen molar-refractivity contribution in [3.63, 3.8) is 0 Å². The Kier molecular flexibility index (Phi) is 5.32. The Morgan fingerprint density at radius 2 is 1.68 bits per heavy atom. The van der Waals surface area contributed by atoms with Crippen LogP contribution >= 0.6 is 15.9 Å². The molecule has 0 saturated heterocycles. The number of hydroxylamine groups is 2. The standard InChI is InChI=1S/C21H24BrNO2/c1-21(2,3)23-19(15-10-12-17(22)13-11-15)18(14-24-4)20(25-23)16-8-6-5-7-9-16/h5-13,19H,14H2,1-4H3. The van der Waals surface area contributed by atoms with Crippen molar-refractivity contribution in [1.82, 2.24) is 5.06 Å². The van der Waals surface area contributed by atoms with E-state index in [1.807, 2.05) is 18.2 Å². The van der Waals surface area contributed by atoms with Crippen molar-refractivity contribution < 1.29 is 9.57 Å². The van der Waals surface area contributed by atoms with Gasteiger partial charge in [-0.3, -0.25) is 0 Å². The molecule has 0 spiro atoms. The highest BCUT2D eigenvalue weighted by atomic mass is 79.9. The van der Waals surface area contributed by atoms with E-state index >= 15 is 0 Å². The Bertz CT molecular complexity index is 748. The topological polar surface area (TPSA) is 21.7 Å². The summed E-state index contributed by atoms with van der Waals surface area (Å²) in [5.41, 5.74) is 3.25. The molecule has 3 nitrogen and oxygen atoms in total. The SMILES string of the molecule is COCC1=C(c2ccccc2)ON(C(C)(C)C)C1c1ccc(Br)cc1. The average Bonchev–Trinajstić information content (AvgIpc) is 2.96. The second-order valence-electron chi connectivity index (χ2n) is 7.20. The van der Waals surface area contributed by atoms with E-state index in [0.29, 0.717) is 6.61 Å². The maximum atomic E-state index is 6.40. The van der Waals surface area contributed by atoms with Gasteiger partial charge in [0.2, 0.25) is 0 Å². The molecule has 132 valence electrons. The van der Waals surface area contributed by atoms with Crippen LogP contribution in [0.4, 0.5) is 0 Å². The van der Waals surface area contributed by atoms with Gasteiger partial charge in [0.05, 0.1) is 12.6 Å². The Hall–Kier alpha value is -1.62. The van der Waals surface area contributed by atoms with Crippen LogP contribution in [0.5, 0.6) is 0 Å². The lowest BCUT2D eigenvalue weighted by atomic mass is 9.94. The molecule has 25 heavy (non-hydrogen) atoms.